The summed E-state index contributed by atoms with van der Waals surface area (Å²) in [6, 6.07) is 13.5. The SMILES string of the molecule is CCn1c(SCC(=O)Nc2ccc([N+](=O)[O-])cc2)nnc1C(C)Oc1ccccc1C. The van der Waals surface area contributed by atoms with Crippen LogP contribution in [0.25, 0.3) is 0 Å². The molecule has 1 N–H and O–H groups in total. The van der Waals surface area contributed by atoms with Gasteiger partial charge in [0.2, 0.25) is 5.91 Å². The maximum atomic E-state index is 12.3. The largest absolute Gasteiger partial charge is 0.482 e. The number of para-hydroxylation sites is 1. The third-order valence-corrected chi connectivity index (χ3v) is 5.48. The number of anilines is 1. The predicted molar refractivity (Wildman–Crippen MR) is 118 cm³/mol. The molecule has 1 aromatic heterocycles. The van der Waals surface area contributed by atoms with E-state index < -0.39 is 4.92 Å². The first-order chi connectivity index (χ1) is 14.9. The quantitative estimate of drug-likeness (QED) is 0.298. The minimum Gasteiger partial charge on any atom is -0.482 e. The highest BCUT2D eigenvalue weighted by molar-refractivity contribution is 7.99. The summed E-state index contributed by atoms with van der Waals surface area (Å²) in [5.41, 5.74) is 1.50. The van der Waals surface area contributed by atoms with Crippen LogP contribution < -0.4 is 10.1 Å². The van der Waals surface area contributed by atoms with Crippen LogP contribution in [0.2, 0.25) is 0 Å². The highest BCUT2D eigenvalue weighted by Gasteiger charge is 2.20. The number of thioether (sulfide) groups is 1. The second kappa shape index (κ2) is 10.1. The molecule has 1 unspecified atom stereocenters. The monoisotopic (exact) mass is 441 g/mol. The smallest absolute Gasteiger partial charge is 0.269 e. The number of non-ortho nitro benzene ring substituents is 1. The molecule has 0 aliphatic heterocycles. The van der Waals surface area contributed by atoms with Gasteiger partial charge in [-0.05, 0) is 44.5 Å². The van der Waals surface area contributed by atoms with Crippen LogP contribution in [0.15, 0.2) is 53.7 Å². The number of ether oxygens (including phenoxy) is 1. The molecule has 10 heteroatoms. The van der Waals surface area contributed by atoms with E-state index in [2.05, 4.69) is 15.5 Å². The summed E-state index contributed by atoms with van der Waals surface area (Å²) >= 11 is 1.27. The Bertz CT molecular complexity index is 1070. The Morgan fingerprint density at radius 3 is 2.58 bits per heavy atom. The van der Waals surface area contributed by atoms with E-state index in [9.17, 15) is 14.9 Å². The number of rotatable bonds is 9. The number of amides is 1. The minimum atomic E-state index is -0.486. The van der Waals surface area contributed by atoms with E-state index in [4.69, 9.17) is 4.74 Å². The van der Waals surface area contributed by atoms with Gasteiger partial charge in [0.1, 0.15) is 5.75 Å². The maximum absolute atomic E-state index is 12.3. The van der Waals surface area contributed by atoms with Gasteiger partial charge in [-0.15, -0.1) is 10.2 Å². The molecule has 3 aromatic rings. The number of carbonyl (C=O) groups excluding carboxylic acids is 1. The molecule has 1 atom stereocenters. The summed E-state index contributed by atoms with van der Waals surface area (Å²) in [7, 11) is 0. The Morgan fingerprint density at radius 2 is 1.94 bits per heavy atom. The van der Waals surface area contributed by atoms with Crippen LogP contribution in [0, 0.1) is 17.0 Å². The minimum absolute atomic E-state index is 0.0296. The number of benzene rings is 2. The first-order valence-electron chi connectivity index (χ1n) is 9.71. The molecule has 0 radical (unpaired) electrons. The van der Waals surface area contributed by atoms with E-state index in [-0.39, 0.29) is 23.5 Å². The molecule has 162 valence electrons. The van der Waals surface area contributed by atoms with Gasteiger partial charge < -0.3 is 14.6 Å². The molecule has 0 aliphatic rings. The molecule has 1 heterocycles. The maximum Gasteiger partial charge on any atom is 0.269 e. The van der Waals surface area contributed by atoms with E-state index in [0.717, 1.165) is 11.3 Å². The lowest BCUT2D eigenvalue weighted by Crippen LogP contribution is -2.15. The molecule has 9 nitrogen and oxygen atoms in total. The van der Waals surface area contributed by atoms with Crippen molar-refractivity contribution in [2.24, 2.45) is 0 Å². The zero-order chi connectivity index (χ0) is 22.4. The van der Waals surface area contributed by atoms with Gasteiger partial charge in [0.25, 0.3) is 5.69 Å². The second-order valence-electron chi connectivity index (χ2n) is 6.75. The third-order valence-electron chi connectivity index (χ3n) is 4.52. The van der Waals surface area contributed by atoms with E-state index in [0.29, 0.717) is 23.2 Å². The normalized spacial score (nSPS) is 11.7. The number of aryl methyl sites for hydroxylation is 1. The van der Waals surface area contributed by atoms with Crippen LogP contribution in [0.3, 0.4) is 0 Å². The molecule has 31 heavy (non-hydrogen) atoms. The number of nitro groups is 1. The Morgan fingerprint density at radius 1 is 1.23 bits per heavy atom. The number of hydrogen-bond donors (Lipinski definition) is 1. The molecule has 0 bridgehead atoms. The van der Waals surface area contributed by atoms with E-state index in [1.165, 1.54) is 36.0 Å². The van der Waals surface area contributed by atoms with Gasteiger partial charge in [-0.25, -0.2) is 0 Å². The topological polar surface area (TPSA) is 112 Å². The molecule has 0 fully saturated rings. The fraction of sp³-hybridized carbons (Fsp3) is 0.286. The molecule has 0 spiro atoms. The Balaban J connectivity index is 1.61. The lowest BCUT2D eigenvalue weighted by molar-refractivity contribution is -0.384. The molecule has 0 saturated carbocycles. The van der Waals surface area contributed by atoms with Gasteiger partial charge in [-0.3, -0.25) is 14.9 Å². The zero-order valence-corrected chi connectivity index (χ0v) is 18.3. The van der Waals surface area contributed by atoms with Gasteiger partial charge in [-0.2, -0.15) is 0 Å². The molecular weight excluding hydrogens is 418 g/mol. The van der Waals surface area contributed by atoms with Crippen LogP contribution in [0.1, 0.15) is 31.3 Å². The van der Waals surface area contributed by atoms with Gasteiger partial charge >= 0.3 is 0 Å². The van der Waals surface area contributed by atoms with E-state index in [1.54, 1.807) is 0 Å². The lowest BCUT2D eigenvalue weighted by atomic mass is 10.2. The molecule has 2 aromatic carbocycles. The van der Waals surface area contributed by atoms with Crippen molar-refractivity contribution in [3.05, 3.63) is 70.0 Å². The summed E-state index contributed by atoms with van der Waals surface area (Å²) in [5, 5.41) is 22.6. The standard InChI is InChI=1S/C21H23N5O4S/c1-4-25-20(15(3)30-18-8-6-5-7-14(18)2)23-24-21(25)31-13-19(27)22-16-9-11-17(12-10-16)26(28)29/h5-12,15H,4,13H2,1-3H3,(H,22,27). The fourth-order valence-electron chi connectivity index (χ4n) is 2.93. The van der Waals surface area contributed by atoms with Crippen LogP contribution >= 0.6 is 11.8 Å². The number of hydrogen-bond acceptors (Lipinski definition) is 7. The van der Waals surface area contributed by atoms with Crippen LogP contribution in [0.5, 0.6) is 5.75 Å². The van der Waals surface area contributed by atoms with Crippen molar-refractivity contribution in [1.29, 1.82) is 0 Å². The van der Waals surface area contributed by atoms with Crippen molar-refractivity contribution < 1.29 is 14.5 Å². The van der Waals surface area contributed by atoms with Crippen molar-refractivity contribution in [2.75, 3.05) is 11.1 Å². The zero-order valence-electron chi connectivity index (χ0n) is 17.4. The summed E-state index contributed by atoms with van der Waals surface area (Å²) < 4.78 is 7.98. The summed E-state index contributed by atoms with van der Waals surface area (Å²) in [4.78, 5) is 22.5. The van der Waals surface area contributed by atoms with E-state index >= 15 is 0 Å². The van der Waals surface area contributed by atoms with Crippen LogP contribution in [-0.2, 0) is 11.3 Å². The number of nitrogens with one attached hydrogen (secondary N) is 1. The second-order valence-corrected chi connectivity index (χ2v) is 7.69. The van der Waals surface area contributed by atoms with Crippen molar-refractivity contribution >= 4 is 29.0 Å². The van der Waals surface area contributed by atoms with Crippen LogP contribution in [-0.4, -0.2) is 31.3 Å². The van der Waals surface area contributed by atoms with Gasteiger partial charge in [0.15, 0.2) is 17.1 Å². The van der Waals surface area contributed by atoms with Crippen LogP contribution in [0.4, 0.5) is 11.4 Å². The van der Waals surface area contributed by atoms with Gasteiger partial charge in [0, 0.05) is 24.4 Å². The number of aromatic nitrogens is 3. The first-order valence-corrected chi connectivity index (χ1v) is 10.7. The number of nitro benzene ring substituents is 1. The van der Waals surface area contributed by atoms with Crippen molar-refractivity contribution in [1.82, 2.24) is 14.8 Å². The number of carbonyl (C=O) groups is 1. The predicted octanol–water partition coefficient (Wildman–Crippen LogP) is 4.39. The molecule has 0 saturated heterocycles. The summed E-state index contributed by atoms with van der Waals surface area (Å²) in [6.45, 7) is 6.51. The Hall–Kier alpha value is -3.40. The highest BCUT2D eigenvalue weighted by atomic mass is 32.2. The highest BCUT2D eigenvalue weighted by Crippen LogP contribution is 2.26. The van der Waals surface area contributed by atoms with Crippen molar-refractivity contribution in [3.63, 3.8) is 0 Å². The Labute approximate surface area is 184 Å². The average Bonchev–Trinajstić information content (AvgIpc) is 3.17. The van der Waals surface area contributed by atoms with E-state index in [1.807, 2.05) is 49.6 Å². The Kier molecular flexibility index (Phi) is 7.24. The number of nitrogens with zero attached hydrogens (tertiary/aromatic N) is 4. The molecule has 1 amide bonds. The third kappa shape index (κ3) is 5.60. The van der Waals surface area contributed by atoms with Gasteiger partial charge in [-0.1, -0.05) is 30.0 Å². The summed E-state index contributed by atoms with van der Waals surface area (Å²) in [5.74, 6) is 1.36. The first kappa shape index (κ1) is 22.3. The van der Waals surface area contributed by atoms with Gasteiger partial charge in [0.05, 0.1) is 10.7 Å². The van der Waals surface area contributed by atoms with Crippen molar-refractivity contribution in [2.45, 2.75) is 38.6 Å². The molecule has 0 aliphatic carbocycles. The molecule has 3 rings (SSSR count). The summed E-state index contributed by atoms with van der Waals surface area (Å²) in [6.07, 6.45) is -0.308. The molecular formula is C21H23N5O4S. The van der Waals surface area contributed by atoms with Crippen molar-refractivity contribution in [3.8, 4) is 5.75 Å². The lowest BCUT2D eigenvalue weighted by Gasteiger charge is -2.17. The average molecular weight is 442 g/mol. The fourth-order valence-corrected chi connectivity index (χ4v) is 3.74.